The molecule has 0 radical (unpaired) electrons. The molecule has 0 amide bonds. The molecule has 1 aromatic rings. The lowest BCUT2D eigenvalue weighted by Gasteiger charge is -2.16. The van der Waals surface area contributed by atoms with Crippen LogP contribution in [0.1, 0.15) is 25.8 Å². The van der Waals surface area contributed by atoms with Crippen molar-refractivity contribution in [1.82, 2.24) is 10.2 Å². The molecule has 2 rings (SSSR count). The van der Waals surface area contributed by atoms with Crippen LogP contribution in [0.4, 0.5) is 0 Å². The summed E-state index contributed by atoms with van der Waals surface area (Å²) in [6, 6.07) is 2.66. The van der Waals surface area contributed by atoms with E-state index in [1.54, 1.807) is 6.26 Å². The zero-order chi connectivity index (χ0) is 11.4. The second-order valence-electron chi connectivity index (χ2n) is 5.08. The molecule has 1 saturated heterocycles. The van der Waals surface area contributed by atoms with E-state index >= 15 is 0 Å². The molecule has 2 heterocycles. The van der Waals surface area contributed by atoms with Crippen LogP contribution in [-0.4, -0.2) is 30.6 Å². The van der Waals surface area contributed by atoms with Gasteiger partial charge in [0.25, 0.3) is 0 Å². The van der Waals surface area contributed by atoms with Gasteiger partial charge in [-0.25, -0.2) is 0 Å². The molecule has 0 aromatic carbocycles. The number of hydrogen-bond donors (Lipinski definition) is 1. The Morgan fingerprint density at radius 1 is 1.56 bits per heavy atom. The standard InChI is InChI=1S/C13H22N2O/c1-11(2)14-7-12-3-5-15(8-12)9-13-4-6-16-10-13/h4,6,10-12,14H,3,5,7-9H2,1-2H3. The Morgan fingerprint density at radius 2 is 2.44 bits per heavy atom. The largest absolute Gasteiger partial charge is 0.472 e. The Hall–Kier alpha value is -0.800. The molecule has 1 fully saturated rings. The van der Waals surface area contributed by atoms with Crippen molar-refractivity contribution in [3.63, 3.8) is 0 Å². The molecule has 0 spiro atoms. The third-order valence-electron chi connectivity index (χ3n) is 3.17. The fraction of sp³-hybridized carbons (Fsp3) is 0.692. The summed E-state index contributed by atoms with van der Waals surface area (Å²) in [4.78, 5) is 2.51. The SMILES string of the molecule is CC(C)NCC1CCN(Cc2ccoc2)C1. The quantitative estimate of drug-likeness (QED) is 0.827. The van der Waals surface area contributed by atoms with Gasteiger partial charge in [-0.3, -0.25) is 4.90 Å². The molecule has 1 N–H and O–H groups in total. The number of hydrogen-bond acceptors (Lipinski definition) is 3. The van der Waals surface area contributed by atoms with Crippen LogP contribution in [0.15, 0.2) is 23.0 Å². The molecule has 1 aromatic heterocycles. The Kier molecular flexibility index (Phi) is 4.02. The minimum absolute atomic E-state index is 0.600. The number of furan rings is 1. The van der Waals surface area contributed by atoms with Gasteiger partial charge in [-0.1, -0.05) is 13.8 Å². The predicted molar refractivity (Wildman–Crippen MR) is 65.2 cm³/mol. The van der Waals surface area contributed by atoms with Gasteiger partial charge in [0.05, 0.1) is 12.5 Å². The second kappa shape index (κ2) is 5.51. The molecule has 1 aliphatic rings. The van der Waals surface area contributed by atoms with Gasteiger partial charge < -0.3 is 9.73 Å². The molecular weight excluding hydrogens is 200 g/mol. The van der Waals surface area contributed by atoms with E-state index in [1.807, 2.05) is 6.26 Å². The van der Waals surface area contributed by atoms with E-state index in [4.69, 9.17) is 4.42 Å². The first-order valence-corrected chi connectivity index (χ1v) is 6.21. The molecule has 1 unspecified atom stereocenters. The average molecular weight is 222 g/mol. The van der Waals surface area contributed by atoms with Crippen molar-refractivity contribution in [2.45, 2.75) is 32.9 Å². The third kappa shape index (κ3) is 3.35. The van der Waals surface area contributed by atoms with Crippen LogP contribution in [0.2, 0.25) is 0 Å². The van der Waals surface area contributed by atoms with Gasteiger partial charge in [0.1, 0.15) is 0 Å². The number of nitrogens with one attached hydrogen (secondary N) is 1. The predicted octanol–water partition coefficient (Wildman–Crippen LogP) is 2.10. The maximum atomic E-state index is 5.09. The highest BCUT2D eigenvalue weighted by Crippen LogP contribution is 2.18. The fourth-order valence-corrected chi connectivity index (χ4v) is 2.27. The molecule has 0 saturated carbocycles. The van der Waals surface area contributed by atoms with Crippen LogP contribution in [-0.2, 0) is 6.54 Å². The highest BCUT2D eigenvalue weighted by atomic mass is 16.3. The summed E-state index contributed by atoms with van der Waals surface area (Å²) in [6.07, 6.45) is 4.92. The summed E-state index contributed by atoms with van der Waals surface area (Å²) < 4.78 is 5.09. The molecule has 90 valence electrons. The lowest BCUT2D eigenvalue weighted by atomic mass is 10.1. The fourth-order valence-electron chi connectivity index (χ4n) is 2.27. The molecule has 3 heteroatoms. The van der Waals surface area contributed by atoms with Crippen LogP contribution in [0.3, 0.4) is 0 Å². The van der Waals surface area contributed by atoms with Crippen molar-refractivity contribution >= 4 is 0 Å². The van der Waals surface area contributed by atoms with E-state index in [-0.39, 0.29) is 0 Å². The Bertz CT molecular complexity index is 295. The summed E-state index contributed by atoms with van der Waals surface area (Å²) in [5, 5.41) is 3.52. The Morgan fingerprint density at radius 3 is 3.12 bits per heavy atom. The minimum atomic E-state index is 0.600. The first-order valence-electron chi connectivity index (χ1n) is 6.21. The van der Waals surface area contributed by atoms with Gasteiger partial charge in [-0.15, -0.1) is 0 Å². The maximum absolute atomic E-state index is 5.09. The molecule has 0 aliphatic carbocycles. The second-order valence-corrected chi connectivity index (χ2v) is 5.08. The van der Waals surface area contributed by atoms with Gasteiger partial charge in [-0.05, 0) is 31.5 Å². The van der Waals surface area contributed by atoms with Gasteiger partial charge in [0.2, 0.25) is 0 Å². The van der Waals surface area contributed by atoms with Crippen molar-refractivity contribution in [2.24, 2.45) is 5.92 Å². The van der Waals surface area contributed by atoms with Gasteiger partial charge >= 0.3 is 0 Å². The van der Waals surface area contributed by atoms with Crippen molar-refractivity contribution < 1.29 is 4.42 Å². The maximum Gasteiger partial charge on any atom is 0.0947 e. The van der Waals surface area contributed by atoms with Gasteiger partial charge in [0, 0.05) is 24.7 Å². The summed E-state index contributed by atoms with van der Waals surface area (Å²) in [6.45, 7) is 9.03. The zero-order valence-corrected chi connectivity index (χ0v) is 10.3. The van der Waals surface area contributed by atoms with Crippen molar-refractivity contribution in [3.8, 4) is 0 Å². The summed E-state index contributed by atoms with van der Waals surface area (Å²) in [5.41, 5.74) is 1.29. The van der Waals surface area contributed by atoms with Crippen molar-refractivity contribution in [3.05, 3.63) is 24.2 Å². The van der Waals surface area contributed by atoms with E-state index in [9.17, 15) is 0 Å². The monoisotopic (exact) mass is 222 g/mol. The third-order valence-corrected chi connectivity index (χ3v) is 3.17. The summed E-state index contributed by atoms with van der Waals surface area (Å²) >= 11 is 0. The topological polar surface area (TPSA) is 28.4 Å². The summed E-state index contributed by atoms with van der Waals surface area (Å²) in [7, 11) is 0. The lowest BCUT2D eigenvalue weighted by molar-refractivity contribution is 0.311. The first-order chi connectivity index (χ1) is 7.74. The van der Waals surface area contributed by atoms with E-state index in [1.165, 1.54) is 25.1 Å². The van der Waals surface area contributed by atoms with Gasteiger partial charge in [-0.2, -0.15) is 0 Å². The van der Waals surface area contributed by atoms with Crippen LogP contribution >= 0.6 is 0 Å². The number of likely N-dealkylation sites (tertiary alicyclic amines) is 1. The molecule has 1 atom stereocenters. The molecular formula is C13H22N2O. The van der Waals surface area contributed by atoms with Crippen molar-refractivity contribution in [1.29, 1.82) is 0 Å². The van der Waals surface area contributed by atoms with E-state index < -0.39 is 0 Å². The van der Waals surface area contributed by atoms with Crippen LogP contribution in [0, 0.1) is 5.92 Å². The normalized spacial score (nSPS) is 22.1. The number of nitrogens with zero attached hydrogens (tertiary/aromatic N) is 1. The van der Waals surface area contributed by atoms with Crippen LogP contribution in [0.5, 0.6) is 0 Å². The van der Waals surface area contributed by atoms with E-state index in [0.29, 0.717) is 6.04 Å². The zero-order valence-electron chi connectivity index (χ0n) is 10.3. The Labute approximate surface area is 97.8 Å². The van der Waals surface area contributed by atoms with Gasteiger partial charge in [0.15, 0.2) is 0 Å². The molecule has 3 nitrogen and oxygen atoms in total. The molecule has 1 aliphatic heterocycles. The molecule has 16 heavy (non-hydrogen) atoms. The smallest absolute Gasteiger partial charge is 0.0947 e. The number of rotatable bonds is 5. The molecule has 0 bridgehead atoms. The van der Waals surface area contributed by atoms with E-state index in [0.717, 1.165) is 19.0 Å². The Balaban J connectivity index is 1.71. The van der Waals surface area contributed by atoms with Crippen molar-refractivity contribution in [2.75, 3.05) is 19.6 Å². The highest BCUT2D eigenvalue weighted by Gasteiger charge is 2.22. The average Bonchev–Trinajstić information content (AvgIpc) is 2.87. The van der Waals surface area contributed by atoms with E-state index in [2.05, 4.69) is 30.1 Å². The van der Waals surface area contributed by atoms with Crippen LogP contribution < -0.4 is 5.32 Å². The minimum Gasteiger partial charge on any atom is -0.472 e. The van der Waals surface area contributed by atoms with Crippen LogP contribution in [0.25, 0.3) is 0 Å². The summed E-state index contributed by atoms with van der Waals surface area (Å²) in [5.74, 6) is 0.814. The first kappa shape index (κ1) is 11.7. The highest BCUT2D eigenvalue weighted by molar-refractivity contribution is 5.05. The lowest BCUT2D eigenvalue weighted by Crippen LogP contribution is -2.30.